The molecule has 18 heavy (non-hydrogen) atoms. The lowest BCUT2D eigenvalue weighted by atomic mass is 9.93. The van der Waals surface area contributed by atoms with Crippen LogP contribution in [0.25, 0.3) is 0 Å². The van der Waals surface area contributed by atoms with Crippen molar-refractivity contribution in [2.45, 2.75) is 31.7 Å². The zero-order chi connectivity index (χ0) is 13.8. The smallest absolute Gasteiger partial charge is 0.159 e. The van der Waals surface area contributed by atoms with Crippen molar-refractivity contribution >= 4 is 11.6 Å². The summed E-state index contributed by atoms with van der Waals surface area (Å²) in [7, 11) is 3.00. The van der Waals surface area contributed by atoms with Crippen LogP contribution in [0, 0.1) is 5.82 Å². The molecule has 1 rings (SSSR count). The number of halogens is 2. The molecule has 1 N–H and O–H groups in total. The van der Waals surface area contributed by atoms with E-state index in [0.717, 1.165) is 0 Å². The molecule has 0 aliphatic carbocycles. The first-order chi connectivity index (χ1) is 8.38. The van der Waals surface area contributed by atoms with E-state index in [-0.39, 0.29) is 18.7 Å². The first-order valence-corrected chi connectivity index (χ1v) is 5.97. The van der Waals surface area contributed by atoms with E-state index in [2.05, 4.69) is 0 Å². The highest BCUT2D eigenvalue weighted by atomic mass is 35.5. The Morgan fingerprint density at radius 1 is 1.39 bits per heavy atom. The fourth-order valence-corrected chi connectivity index (χ4v) is 1.97. The summed E-state index contributed by atoms with van der Waals surface area (Å²) in [6.07, 6.45) is -0.00744. The summed E-state index contributed by atoms with van der Waals surface area (Å²) in [5, 5.41) is 10.7. The van der Waals surface area contributed by atoms with Crippen molar-refractivity contribution in [1.29, 1.82) is 0 Å². The fourth-order valence-electron chi connectivity index (χ4n) is 1.78. The molecule has 0 amide bonds. The second kappa shape index (κ2) is 6.48. The van der Waals surface area contributed by atoms with E-state index in [0.29, 0.717) is 10.6 Å². The van der Waals surface area contributed by atoms with Gasteiger partial charge < -0.3 is 14.6 Å². The minimum atomic E-state index is -1.09. The molecule has 0 fully saturated rings. The lowest BCUT2D eigenvalue weighted by Gasteiger charge is -2.27. The quantitative estimate of drug-likeness (QED) is 0.812. The van der Waals surface area contributed by atoms with E-state index in [9.17, 15) is 9.50 Å². The summed E-state index contributed by atoms with van der Waals surface area (Å²) in [5.41, 5.74) is -0.527. The molecule has 0 aromatic heterocycles. The second-order valence-corrected chi connectivity index (χ2v) is 4.92. The summed E-state index contributed by atoms with van der Waals surface area (Å²) >= 11 is 5.97. The molecular formula is C13H18ClFO3. The van der Waals surface area contributed by atoms with Gasteiger partial charge in [-0.05, 0) is 30.7 Å². The van der Waals surface area contributed by atoms with Crippen LogP contribution in [0.4, 0.5) is 4.39 Å². The van der Waals surface area contributed by atoms with Crippen molar-refractivity contribution in [3.05, 3.63) is 34.6 Å². The van der Waals surface area contributed by atoms with Crippen LogP contribution in [0.15, 0.2) is 18.2 Å². The molecule has 3 nitrogen and oxygen atoms in total. The van der Waals surface area contributed by atoms with Gasteiger partial charge in [0.15, 0.2) is 6.29 Å². The molecule has 102 valence electrons. The summed E-state index contributed by atoms with van der Waals surface area (Å²) in [4.78, 5) is 0. The van der Waals surface area contributed by atoms with Gasteiger partial charge in [-0.1, -0.05) is 11.6 Å². The largest absolute Gasteiger partial charge is 0.390 e. The highest BCUT2D eigenvalue weighted by Gasteiger charge is 2.27. The van der Waals surface area contributed by atoms with E-state index in [4.69, 9.17) is 21.1 Å². The maximum Gasteiger partial charge on any atom is 0.159 e. The number of benzene rings is 1. The molecule has 1 aromatic carbocycles. The Morgan fingerprint density at radius 2 is 2.00 bits per heavy atom. The monoisotopic (exact) mass is 276 g/mol. The summed E-state index contributed by atoms with van der Waals surface area (Å²) in [6.45, 7) is 1.64. The summed E-state index contributed by atoms with van der Waals surface area (Å²) in [5.74, 6) is -0.375. The third-order valence-corrected chi connectivity index (χ3v) is 3.08. The van der Waals surface area contributed by atoms with Gasteiger partial charge in [0.2, 0.25) is 0 Å². The average molecular weight is 277 g/mol. The van der Waals surface area contributed by atoms with Crippen LogP contribution in [0.1, 0.15) is 18.9 Å². The number of methoxy groups -OCH3 is 2. The Balaban J connectivity index is 2.78. The van der Waals surface area contributed by atoms with Crippen molar-refractivity contribution in [2.24, 2.45) is 0 Å². The van der Waals surface area contributed by atoms with Gasteiger partial charge in [0.05, 0.1) is 5.60 Å². The Labute approximate surface area is 111 Å². The maximum atomic E-state index is 13.1. The number of hydrogen-bond donors (Lipinski definition) is 1. The van der Waals surface area contributed by atoms with Gasteiger partial charge in [-0.25, -0.2) is 4.39 Å². The van der Waals surface area contributed by atoms with Gasteiger partial charge in [-0.15, -0.1) is 0 Å². The van der Waals surface area contributed by atoms with Crippen molar-refractivity contribution in [3.8, 4) is 0 Å². The molecule has 0 radical (unpaired) electrons. The molecule has 0 heterocycles. The van der Waals surface area contributed by atoms with Gasteiger partial charge in [0, 0.05) is 32.1 Å². The average Bonchev–Trinajstić information content (AvgIpc) is 2.30. The topological polar surface area (TPSA) is 38.7 Å². The predicted molar refractivity (Wildman–Crippen MR) is 68.2 cm³/mol. The zero-order valence-corrected chi connectivity index (χ0v) is 11.5. The van der Waals surface area contributed by atoms with Crippen LogP contribution >= 0.6 is 11.6 Å². The minimum absolute atomic E-state index is 0.229. The van der Waals surface area contributed by atoms with Gasteiger partial charge in [-0.2, -0.15) is 0 Å². The molecular weight excluding hydrogens is 259 g/mol. The third-order valence-electron chi connectivity index (χ3n) is 2.71. The highest BCUT2D eigenvalue weighted by molar-refractivity contribution is 6.31. The Morgan fingerprint density at radius 3 is 2.56 bits per heavy atom. The van der Waals surface area contributed by atoms with E-state index >= 15 is 0 Å². The lowest BCUT2D eigenvalue weighted by molar-refractivity contribution is -0.139. The molecule has 0 saturated heterocycles. The second-order valence-electron chi connectivity index (χ2n) is 4.51. The molecule has 0 spiro atoms. The molecule has 0 bridgehead atoms. The fraction of sp³-hybridized carbons (Fsp3) is 0.538. The Kier molecular flexibility index (Phi) is 5.53. The van der Waals surface area contributed by atoms with E-state index < -0.39 is 11.9 Å². The van der Waals surface area contributed by atoms with Crippen molar-refractivity contribution < 1.29 is 19.0 Å². The SMILES string of the molecule is COC(CC(C)(O)Cc1cc(F)ccc1Cl)OC. The molecule has 0 aliphatic rings. The van der Waals surface area contributed by atoms with Crippen molar-refractivity contribution in [1.82, 2.24) is 0 Å². The molecule has 1 aromatic rings. The zero-order valence-electron chi connectivity index (χ0n) is 10.7. The Hall–Kier alpha value is -0.680. The van der Waals surface area contributed by atoms with Crippen LogP contribution < -0.4 is 0 Å². The van der Waals surface area contributed by atoms with Crippen molar-refractivity contribution in [2.75, 3.05) is 14.2 Å². The van der Waals surface area contributed by atoms with Crippen LogP contribution in [0.2, 0.25) is 5.02 Å². The number of hydrogen-bond acceptors (Lipinski definition) is 3. The third kappa shape index (κ3) is 4.53. The summed E-state index contributed by atoms with van der Waals surface area (Å²) < 4.78 is 23.2. The van der Waals surface area contributed by atoms with Crippen LogP contribution in [-0.2, 0) is 15.9 Å². The molecule has 0 aliphatic heterocycles. The van der Waals surface area contributed by atoms with E-state index in [1.54, 1.807) is 6.92 Å². The molecule has 1 unspecified atom stereocenters. The van der Waals surface area contributed by atoms with Gasteiger partial charge in [0.25, 0.3) is 0 Å². The minimum Gasteiger partial charge on any atom is -0.390 e. The van der Waals surface area contributed by atoms with E-state index in [1.807, 2.05) is 0 Å². The number of rotatable bonds is 6. The highest BCUT2D eigenvalue weighted by Crippen LogP contribution is 2.25. The summed E-state index contributed by atoms with van der Waals surface area (Å²) in [6, 6.07) is 4.09. The lowest BCUT2D eigenvalue weighted by Crippen LogP contribution is -2.34. The first kappa shape index (κ1) is 15.4. The number of ether oxygens (including phenoxy) is 2. The van der Waals surface area contributed by atoms with Crippen molar-refractivity contribution in [3.63, 3.8) is 0 Å². The molecule has 1 atom stereocenters. The maximum absolute atomic E-state index is 13.1. The molecule has 0 saturated carbocycles. The standard InChI is InChI=1S/C13H18ClFO3/c1-13(16,8-12(17-2)18-3)7-9-6-10(15)4-5-11(9)14/h4-6,12,16H,7-8H2,1-3H3. The van der Waals surface area contributed by atoms with Crippen LogP contribution in [0.5, 0.6) is 0 Å². The molecule has 5 heteroatoms. The van der Waals surface area contributed by atoms with Gasteiger partial charge >= 0.3 is 0 Å². The number of aliphatic hydroxyl groups is 1. The van der Waals surface area contributed by atoms with E-state index in [1.165, 1.54) is 32.4 Å². The normalized spacial score (nSPS) is 14.8. The van der Waals surface area contributed by atoms with Crippen LogP contribution in [0.3, 0.4) is 0 Å². The predicted octanol–water partition coefficient (Wildman–Crippen LogP) is 2.78. The van der Waals surface area contributed by atoms with Gasteiger partial charge in [-0.3, -0.25) is 0 Å². The van der Waals surface area contributed by atoms with Crippen LogP contribution in [-0.4, -0.2) is 31.2 Å². The first-order valence-electron chi connectivity index (χ1n) is 5.60. The Bertz CT molecular complexity index is 392. The van der Waals surface area contributed by atoms with Gasteiger partial charge in [0.1, 0.15) is 5.82 Å².